The number of benzene rings is 1. The second-order valence-electron chi connectivity index (χ2n) is 6.31. The third-order valence-corrected chi connectivity index (χ3v) is 5.09. The van der Waals surface area contributed by atoms with Gasteiger partial charge in [-0.05, 0) is 42.5 Å². The van der Waals surface area contributed by atoms with Gasteiger partial charge >= 0.3 is 0 Å². The molecule has 1 amide bonds. The summed E-state index contributed by atoms with van der Waals surface area (Å²) in [5.41, 5.74) is 2.90. The molecule has 0 unspecified atom stereocenters. The van der Waals surface area contributed by atoms with Gasteiger partial charge in [0.15, 0.2) is 0 Å². The van der Waals surface area contributed by atoms with Gasteiger partial charge in [0.05, 0.1) is 0 Å². The van der Waals surface area contributed by atoms with Crippen LogP contribution >= 0.6 is 11.3 Å². The van der Waals surface area contributed by atoms with Crippen molar-refractivity contribution in [2.24, 2.45) is 0 Å². The second kappa shape index (κ2) is 7.70. The van der Waals surface area contributed by atoms with Crippen molar-refractivity contribution in [1.82, 2.24) is 10.2 Å². The predicted octanol–water partition coefficient (Wildman–Crippen LogP) is 3.97. The summed E-state index contributed by atoms with van der Waals surface area (Å²) < 4.78 is 5.61. The number of carbonyl (C=O) groups excluding carboxylic acids is 1. The van der Waals surface area contributed by atoms with Crippen LogP contribution in [0.15, 0.2) is 45.5 Å². The summed E-state index contributed by atoms with van der Waals surface area (Å²) in [5, 5.41) is 14.9. The van der Waals surface area contributed by atoms with Gasteiger partial charge in [-0.15, -0.1) is 10.2 Å². The summed E-state index contributed by atoms with van der Waals surface area (Å²) in [7, 11) is 0. The van der Waals surface area contributed by atoms with E-state index in [1.807, 2.05) is 35.0 Å². The molecular formula is C19H20N4O2S. The van der Waals surface area contributed by atoms with Crippen LogP contribution in [0.4, 0.5) is 11.4 Å². The van der Waals surface area contributed by atoms with E-state index in [9.17, 15) is 4.79 Å². The number of anilines is 2. The molecule has 1 N–H and O–H groups in total. The van der Waals surface area contributed by atoms with Crippen LogP contribution in [0.1, 0.15) is 25.2 Å². The van der Waals surface area contributed by atoms with Gasteiger partial charge in [0.1, 0.15) is 0 Å². The Kier molecular flexibility index (Phi) is 4.97. The average molecular weight is 368 g/mol. The Bertz CT molecular complexity index is 869. The first kappa shape index (κ1) is 16.8. The summed E-state index contributed by atoms with van der Waals surface area (Å²) in [4.78, 5) is 14.6. The van der Waals surface area contributed by atoms with E-state index in [1.165, 1.54) is 12.8 Å². The third-order valence-electron chi connectivity index (χ3n) is 4.40. The van der Waals surface area contributed by atoms with Gasteiger partial charge in [0, 0.05) is 48.2 Å². The second-order valence-corrected chi connectivity index (χ2v) is 7.09. The number of hydrogen-bond donors (Lipinski definition) is 1. The highest BCUT2D eigenvalue weighted by atomic mass is 32.1. The third kappa shape index (κ3) is 3.94. The number of carbonyl (C=O) groups is 1. The SMILES string of the molecule is O=C(CCc1nnc(-c2ccsc2)o1)Nc1cccc(N2CCCC2)c1. The number of thiophene rings is 1. The first-order chi connectivity index (χ1) is 12.8. The van der Waals surface area contributed by atoms with E-state index in [0.29, 0.717) is 24.6 Å². The molecule has 134 valence electrons. The number of nitrogens with one attached hydrogen (secondary N) is 1. The van der Waals surface area contributed by atoms with Crippen molar-refractivity contribution in [3.63, 3.8) is 0 Å². The van der Waals surface area contributed by atoms with Gasteiger partial charge in [0.25, 0.3) is 0 Å². The van der Waals surface area contributed by atoms with Gasteiger partial charge < -0.3 is 14.6 Å². The molecule has 0 radical (unpaired) electrons. The van der Waals surface area contributed by atoms with Crippen molar-refractivity contribution in [2.75, 3.05) is 23.3 Å². The summed E-state index contributed by atoms with van der Waals surface area (Å²) in [6.45, 7) is 2.17. The van der Waals surface area contributed by atoms with Crippen LogP contribution in [0.5, 0.6) is 0 Å². The number of rotatable bonds is 6. The molecule has 1 fully saturated rings. The smallest absolute Gasteiger partial charge is 0.248 e. The molecule has 7 heteroatoms. The van der Waals surface area contributed by atoms with Crippen molar-refractivity contribution in [2.45, 2.75) is 25.7 Å². The van der Waals surface area contributed by atoms with Gasteiger partial charge in [-0.1, -0.05) is 6.07 Å². The van der Waals surface area contributed by atoms with Crippen molar-refractivity contribution in [1.29, 1.82) is 0 Å². The molecule has 6 nitrogen and oxygen atoms in total. The summed E-state index contributed by atoms with van der Waals surface area (Å²) >= 11 is 1.58. The zero-order valence-electron chi connectivity index (χ0n) is 14.4. The van der Waals surface area contributed by atoms with E-state index in [4.69, 9.17) is 4.42 Å². The molecule has 1 aliphatic heterocycles. The Balaban J connectivity index is 1.32. The quantitative estimate of drug-likeness (QED) is 0.713. The van der Waals surface area contributed by atoms with Gasteiger partial charge in [-0.25, -0.2) is 0 Å². The summed E-state index contributed by atoms with van der Waals surface area (Å²) in [6.07, 6.45) is 3.19. The van der Waals surface area contributed by atoms with Crippen molar-refractivity contribution < 1.29 is 9.21 Å². The maximum absolute atomic E-state index is 12.2. The topological polar surface area (TPSA) is 71.3 Å². The number of hydrogen-bond acceptors (Lipinski definition) is 6. The molecule has 1 aliphatic rings. The van der Waals surface area contributed by atoms with E-state index in [2.05, 4.69) is 26.5 Å². The molecule has 0 bridgehead atoms. The Labute approximate surface area is 155 Å². The maximum Gasteiger partial charge on any atom is 0.248 e. The molecule has 2 aromatic heterocycles. The molecule has 26 heavy (non-hydrogen) atoms. The molecule has 3 heterocycles. The number of nitrogens with zero attached hydrogens (tertiary/aromatic N) is 3. The highest BCUT2D eigenvalue weighted by molar-refractivity contribution is 7.08. The molecule has 4 rings (SSSR count). The largest absolute Gasteiger partial charge is 0.421 e. The van der Waals surface area contributed by atoms with Gasteiger partial charge in [-0.3, -0.25) is 4.79 Å². The monoisotopic (exact) mass is 368 g/mol. The molecular weight excluding hydrogens is 348 g/mol. The Morgan fingerprint density at radius 1 is 1.23 bits per heavy atom. The Morgan fingerprint density at radius 2 is 2.12 bits per heavy atom. The lowest BCUT2D eigenvalue weighted by Crippen LogP contribution is -2.18. The van der Waals surface area contributed by atoms with Gasteiger partial charge in [-0.2, -0.15) is 11.3 Å². The first-order valence-corrected chi connectivity index (χ1v) is 9.72. The Morgan fingerprint density at radius 3 is 2.92 bits per heavy atom. The fourth-order valence-electron chi connectivity index (χ4n) is 3.06. The van der Waals surface area contributed by atoms with Crippen LogP contribution in [0, 0.1) is 0 Å². The minimum absolute atomic E-state index is 0.0566. The fraction of sp³-hybridized carbons (Fsp3) is 0.316. The van der Waals surface area contributed by atoms with Crippen LogP contribution in [-0.2, 0) is 11.2 Å². The lowest BCUT2D eigenvalue weighted by atomic mass is 10.2. The zero-order valence-corrected chi connectivity index (χ0v) is 15.2. The standard InChI is InChI=1S/C19H20N4O2S/c24-17(6-7-18-21-22-19(25-18)14-8-11-26-13-14)20-15-4-3-5-16(12-15)23-9-1-2-10-23/h3-5,8,11-13H,1-2,6-7,9-10H2,(H,20,24). The van der Waals surface area contributed by atoms with Crippen molar-refractivity contribution >= 4 is 28.6 Å². The molecule has 0 spiro atoms. The highest BCUT2D eigenvalue weighted by Crippen LogP contribution is 2.24. The van der Waals surface area contributed by atoms with E-state index in [1.54, 1.807) is 11.3 Å². The van der Waals surface area contributed by atoms with E-state index >= 15 is 0 Å². The summed E-state index contributed by atoms with van der Waals surface area (Å²) in [6, 6.07) is 9.95. The fourth-order valence-corrected chi connectivity index (χ4v) is 3.69. The van der Waals surface area contributed by atoms with Crippen LogP contribution in [0.3, 0.4) is 0 Å². The van der Waals surface area contributed by atoms with E-state index in [-0.39, 0.29) is 5.91 Å². The van der Waals surface area contributed by atoms with Crippen molar-refractivity contribution in [3.8, 4) is 11.5 Å². The Hall–Kier alpha value is -2.67. The molecule has 0 saturated carbocycles. The normalized spacial score (nSPS) is 13.9. The molecule has 1 aromatic carbocycles. The van der Waals surface area contributed by atoms with E-state index in [0.717, 1.165) is 30.0 Å². The number of aromatic nitrogens is 2. The maximum atomic E-state index is 12.2. The van der Waals surface area contributed by atoms with Gasteiger partial charge in [0.2, 0.25) is 17.7 Å². The zero-order chi connectivity index (χ0) is 17.8. The van der Waals surface area contributed by atoms with Crippen molar-refractivity contribution in [3.05, 3.63) is 47.0 Å². The highest BCUT2D eigenvalue weighted by Gasteiger charge is 2.14. The number of aryl methyl sites for hydroxylation is 1. The lowest BCUT2D eigenvalue weighted by Gasteiger charge is -2.18. The minimum Gasteiger partial charge on any atom is -0.421 e. The number of amides is 1. The van der Waals surface area contributed by atoms with Crippen LogP contribution in [0.2, 0.25) is 0 Å². The minimum atomic E-state index is -0.0566. The van der Waals surface area contributed by atoms with E-state index < -0.39 is 0 Å². The average Bonchev–Trinajstić information content (AvgIpc) is 3.42. The first-order valence-electron chi connectivity index (χ1n) is 8.78. The predicted molar refractivity (Wildman–Crippen MR) is 102 cm³/mol. The lowest BCUT2D eigenvalue weighted by molar-refractivity contribution is -0.116. The molecule has 0 aliphatic carbocycles. The molecule has 1 saturated heterocycles. The van der Waals surface area contributed by atoms with Crippen LogP contribution in [0.25, 0.3) is 11.5 Å². The molecule has 3 aromatic rings. The summed E-state index contributed by atoms with van der Waals surface area (Å²) in [5.74, 6) is 0.922. The molecule has 0 atom stereocenters. The van der Waals surface area contributed by atoms with Crippen LogP contribution < -0.4 is 10.2 Å². The van der Waals surface area contributed by atoms with Crippen LogP contribution in [-0.4, -0.2) is 29.2 Å².